The van der Waals surface area contributed by atoms with Crippen LogP contribution < -0.4 is 78.4 Å². The summed E-state index contributed by atoms with van der Waals surface area (Å²) >= 11 is 0. The number of aromatic carboxylic acids is 1. The number of carboxylic acids is 1. The van der Waals surface area contributed by atoms with Crippen LogP contribution in [-0.2, 0) is 65.4 Å². The van der Waals surface area contributed by atoms with Crippen LogP contribution in [-0.4, -0.2) is 128 Å². The molecule has 0 aliphatic heterocycles. The number of phosphoric ester groups is 2. The number of aldehydes is 1. The molecule has 25 nitrogen and oxygen atoms in total. The van der Waals surface area contributed by atoms with E-state index in [9.17, 15) is 72.9 Å². The molecule has 0 saturated carbocycles. The van der Waals surface area contributed by atoms with Crippen molar-refractivity contribution in [2.75, 3.05) is 46.8 Å². The Morgan fingerprint density at radius 1 is 0.438 bits per heavy atom. The van der Waals surface area contributed by atoms with E-state index in [1.54, 1.807) is 0 Å². The topological polar surface area (TPSA) is 373 Å². The van der Waals surface area contributed by atoms with E-state index in [0.717, 1.165) is 103 Å². The van der Waals surface area contributed by atoms with Crippen molar-refractivity contribution in [1.82, 2.24) is 0 Å². The first-order chi connectivity index (χ1) is 49.3. The van der Waals surface area contributed by atoms with Gasteiger partial charge in [0.05, 0.1) is 39.1 Å². The number of phosphoric acid groups is 2. The maximum absolute atomic E-state index is 12.8. The Hall–Kier alpha value is -3.49. The summed E-state index contributed by atoms with van der Waals surface area (Å²) in [6.45, 7) is 8.72. The van der Waals surface area contributed by atoms with Crippen molar-refractivity contribution in [2.24, 2.45) is 0 Å². The summed E-state index contributed by atoms with van der Waals surface area (Å²) in [5, 5.41) is 39.9. The molecule has 0 aliphatic rings. The van der Waals surface area contributed by atoms with Gasteiger partial charge in [-0.3, -0.25) is 33.1 Å². The third-order valence-corrected chi connectivity index (χ3v) is 19.1. The zero-order valence-corrected chi connectivity index (χ0v) is 71.0. The van der Waals surface area contributed by atoms with Gasteiger partial charge in [0.2, 0.25) is 0 Å². The fourth-order valence-electron chi connectivity index (χ4n) is 11.1. The fourth-order valence-corrected chi connectivity index (χ4v) is 12.7. The molecule has 4 atom stereocenters. The molecule has 4 unspecified atom stereocenters. The van der Waals surface area contributed by atoms with E-state index in [4.69, 9.17) is 46.5 Å². The predicted octanol–water partition coefficient (Wildman–Crippen LogP) is 10.7. The molecule has 2 aromatic carbocycles. The first kappa shape index (κ1) is 104. The minimum absolute atomic E-state index is 0. The predicted molar refractivity (Wildman–Crippen MR) is 388 cm³/mol. The molecule has 0 amide bonds. The number of ether oxygens (including phenoxy) is 6. The largest absolute Gasteiger partial charge is 1.00 e. The number of phenolic OH excluding ortho intramolecular Hbond substituents is 1. The molecule has 0 aromatic heterocycles. The van der Waals surface area contributed by atoms with Gasteiger partial charge in [-0.05, 0) is 69.7 Å². The molecule has 0 radical (unpaired) electrons. The number of unbranched alkanes of at least 4 members (excludes halogenated alkanes) is 32. The molecule has 29 heteroatoms. The van der Waals surface area contributed by atoms with Crippen LogP contribution in [0, 0.1) is 20.8 Å². The summed E-state index contributed by atoms with van der Waals surface area (Å²) in [4.78, 5) is 111. The van der Waals surface area contributed by atoms with Gasteiger partial charge in [0.25, 0.3) is 15.6 Å². The van der Waals surface area contributed by atoms with Gasteiger partial charge in [-0.1, -0.05) is 233 Å². The van der Waals surface area contributed by atoms with E-state index >= 15 is 0 Å². The number of hydrogen-bond acceptors (Lipinski definition) is 24. The van der Waals surface area contributed by atoms with Crippen LogP contribution in [0.3, 0.4) is 0 Å². The van der Waals surface area contributed by atoms with E-state index in [1.165, 1.54) is 143 Å². The van der Waals surface area contributed by atoms with Crippen molar-refractivity contribution in [2.45, 2.75) is 324 Å². The summed E-state index contributed by atoms with van der Waals surface area (Å²) in [5.41, 5.74) is -0.307. The summed E-state index contributed by atoms with van der Waals surface area (Å²) in [7, 11) is -9.08. The molecule has 0 fully saturated rings. The number of aliphatic hydroxyl groups is 1. The molecule has 0 heterocycles. The molecule has 2 rings (SSSR count). The van der Waals surface area contributed by atoms with Crippen molar-refractivity contribution < 1.29 is 179 Å². The smallest absolute Gasteiger partial charge is 0.756 e. The third kappa shape index (κ3) is 50.8. The number of rotatable bonds is 63. The van der Waals surface area contributed by atoms with Crippen LogP contribution in [0.1, 0.15) is 332 Å². The van der Waals surface area contributed by atoms with Crippen LogP contribution in [0.25, 0.3) is 0 Å². The van der Waals surface area contributed by atoms with Crippen LogP contribution in [0.15, 0.2) is 12.1 Å². The molecule has 2 aromatic rings. The number of hydrogen-bond donors (Lipinski definition) is 4. The number of carbonyl (C=O) groups excluding carboxylic acids is 6. The first-order valence-electron chi connectivity index (χ1n) is 38.0. The average molecular weight is 1550 g/mol. The normalized spacial score (nSPS) is 13.1. The Morgan fingerprint density at radius 2 is 0.743 bits per heavy atom. The fraction of sp³-hybridized carbons (Fsp3) is 0.750. The minimum Gasteiger partial charge on any atom is -0.756 e. The van der Waals surface area contributed by atoms with Gasteiger partial charge in [0.15, 0.2) is 18.5 Å². The van der Waals surface area contributed by atoms with Gasteiger partial charge in [-0.2, -0.15) is 0 Å². The van der Waals surface area contributed by atoms with Crippen LogP contribution in [0.2, 0.25) is 0 Å². The van der Waals surface area contributed by atoms with Gasteiger partial charge < -0.3 is 76.7 Å². The monoisotopic (exact) mass is 1550 g/mol. The zero-order chi connectivity index (χ0) is 76.7. The van der Waals surface area contributed by atoms with Crippen LogP contribution in [0.4, 0.5) is 0 Å². The summed E-state index contributed by atoms with van der Waals surface area (Å²) in [6.07, 6.45) is 34.6. The first-order valence-corrected chi connectivity index (χ1v) is 40.9. The minimum atomic E-state index is -5.20. The van der Waals surface area contributed by atoms with Gasteiger partial charge in [0.1, 0.15) is 53.4 Å². The van der Waals surface area contributed by atoms with Crippen molar-refractivity contribution >= 4 is 57.7 Å². The SMILES string of the molecule is CCCCCCCCCCCC(=O)OCC(COP(=O)([O-])OCC(O)COP(=O)([O-])OCC(COC(=O)CCCCCCCCCCC)OC(=O)CCCCCCCCCCC)OC(=O)CCCCCCCCCCC.COc1cc(C)c(C(=O)Oc2cc(C)c(O)c(C(=O)O)c2C)c(O)c1C=O.[Na+].[Na+]. The summed E-state index contributed by atoms with van der Waals surface area (Å²) in [6, 6.07) is 2.71. The van der Waals surface area contributed by atoms with Gasteiger partial charge >= 0.3 is 94.9 Å². The van der Waals surface area contributed by atoms with Crippen molar-refractivity contribution in [1.29, 1.82) is 0 Å². The van der Waals surface area contributed by atoms with E-state index in [0.29, 0.717) is 37.5 Å². The number of phenols is 2. The number of aliphatic hydroxyl groups excluding tert-OH is 1. The molecule has 4 N–H and O–H groups in total. The number of benzene rings is 2. The average Bonchev–Trinajstić information content (AvgIpc) is 0.788. The Labute approximate surface area is 670 Å². The second kappa shape index (κ2) is 64.2. The van der Waals surface area contributed by atoms with Gasteiger partial charge in [-0.15, -0.1) is 0 Å². The molecule has 105 heavy (non-hydrogen) atoms. The molecule has 0 saturated heterocycles. The van der Waals surface area contributed by atoms with E-state index in [2.05, 4.69) is 27.7 Å². The molecule has 0 spiro atoms. The quantitative estimate of drug-likeness (QED) is 0.00909. The Balaban J connectivity index is 0. The number of carbonyl (C=O) groups is 7. The van der Waals surface area contributed by atoms with Crippen molar-refractivity contribution in [3.63, 3.8) is 0 Å². The molecule has 0 aliphatic carbocycles. The van der Waals surface area contributed by atoms with Crippen LogP contribution >= 0.6 is 15.6 Å². The molecular formula is C76H126Na2O25P2. The Kier molecular flexibility index (Phi) is 63.3. The number of aromatic hydroxyl groups is 2. The van der Waals surface area contributed by atoms with E-state index < -0.39 is 121 Å². The standard InChI is InChI=1S/C57H110O17P2.C19H18O8.2Na/c1-5-9-13-17-21-25-29-33-37-41-54(59)67-47-52(73-56(61)43-39-35-31-27-23-19-15-11-7-3)49-71-75(63,64)69-45-51(58)46-70-76(65,66)72-50-53(74-57(62)44-40-36-32-28-24-20-16-12-8-4)48-68-55(60)42-38-34-30-26-22-18-14-10-6-2;1-8-5-13(26-4)11(7-20)17(22)14(8)19(25)27-12-6-9(2)16(21)15(10(12)3)18(23)24;;/h51-53,58H,5-50H2,1-4H3,(H,63,64)(H,65,66);5-7,21-22H,1-4H3,(H,23,24);;/q;;2*+1/p-2. The Morgan fingerprint density at radius 3 is 1.06 bits per heavy atom. The third-order valence-electron chi connectivity index (χ3n) is 17.2. The van der Waals surface area contributed by atoms with Crippen molar-refractivity contribution in [3.05, 3.63) is 45.5 Å². The number of methoxy groups -OCH3 is 1. The maximum atomic E-state index is 12.8. The summed E-state index contributed by atoms with van der Waals surface area (Å²) in [5.74, 6) is -5.62. The second-order valence-corrected chi connectivity index (χ2v) is 29.3. The number of carboxylic acid groups (broad SMARTS) is 1. The van der Waals surface area contributed by atoms with Crippen molar-refractivity contribution in [3.8, 4) is 23.0 Å². The van der Waals surface area contributed by atoms with E-state index in [-0.39, 0.29) is 124 Å². The molecular weight excluding hydrogens is 1420 g/mol. The number of esters is 5. The number of aryl methyl sites for hydroxylation is 2. The van der Waals surface area contributed by atoms with Gasteiger partial charge in [0, 0.05) is 31.2 Å². The van der Waals surface area contributed by atoms with Crippen LogP contribution in [0.5, 0.6) is 23.0 Å². The van der Waals surface area contributed by atoms with Gasteiger partial charge in [-0.25, -0.2) is 9.59 Å². The summed E-state index contributed by atoms with van der Waals surface area (Å²) < 4.78 is 76.9. The van der Waals surface area contributed by atoms with E-state index in [1.807, 2.05) is 0 Å². The Bertz CT molecular complexity index is 2720. The molecule has 0 bridgehead atoms. The second-order valence-electron chi connectivity index (χ2n) is 26.5. The zero-order valence-electron chi connectivity index (χ0n) is 65.2. The maximum Gasteiger partial charge on any atom is 1.00 e. The molecule has 592 valence electrons.